The second-order valence-electron chi connectivity index (χ2n) is 5.79. The second kappa shape index (κ2) is 6.20. The molecule has 3 nitrogen and oxygen atoms in total. The zero-order valence-electron chi connectivity index (χ0n) is 13.0. The number of hydrogen-bond donors (Lipinski definition) is 1. The standard InChI is InChI=1S/C18H17F3O3/c1-17(23-9-10-24-17)14-7-5-12(6-8-14)16(22)13-3-2-4-15(11-13)18(19,20)21/h2-8,11,16,22H,9-10H2,1H3. The zero-order chi connectivity index (χ0) is 17.4. The van der Waals surface area contributed by atoms with Gasteiger partial charge in [-0.05, 0) is 30.2 Å². The van der Waals surface area contributed by atoms with E-state index >= 15 is 0 Å². The molecule has 0 bridgehead atoms. The van der Waals surface area contributed by atoms with Gasteiger partial charge in [0.25, 0.3) is 0 Å². The highest BCUT2D eigenvalue weighted by Gasteiger charge is 2.33. The molecule has 1 heterocycles. The highest BCUT2D eigenvalue weighted by molar-refractivity contribution is 5.35. The van der Waals surface area contributed by atoms with E-state index in [2.05, 4.69) is 0 Å². The molecule has 1 aliphatic rings. The molecule has 2 aromatic carbocycles. The van der Waals surface area contributed by atoms with Gasteiger partial charge < -0.3 is 14.6 Å². The molecule has 0 amide bonds. The fourth-order valence-electron chi connectivity index (χ4n) is 2.73. The number of ether oxygens (including phenoxy) is 2. The highest BCUT2D eigenvalue weighted by Crippen LogP contribution is 2.34. The predicted octanol–water partition coefficient (Wildman–Crippen LogP) is 4.01. The topological polar surface area (TPSA) is 38.7 Å². The van der Waals surface area contributed by atoms with Crippen molar-refractivity contribution < 1.29 is 27.8 Å². The van der Waals surface area contributed by atoms with Crippen LogP contribution in [0.4, 0.5) is 13.2 Å². The normalized spacial score (nSPS) is 18.5. The van der Waals surface area contributed by atoms with Crippen molar-refractivity contribution >= 4 is 0 Å². The Kier molecular flexibility index (Phi) is 4.38. The molecule has 1 atom stereocenters. The molecule has 1 aliphatic heterocycles. The summed E-state index contributed by atoms with van der Waals surface area (Å²) in [4.78, 5) is 0. The lowest BCUT2D eigenvalue weighted by Crippen LogP contribution is -2.22. The Morgan fingerprint density at radius 2 is 1.62 bits per heavy atom. The molecule has 1 fully saturated rings. The monoisotopic (exact) mass is 338 g/mol. The summed E-state index contributed by atoms with van der Waals surface area (Å²) in [5.74, 6) is -0.820. The van der Waals surface area contributed by atoms with Crippen molar-refractivity contribution in [3.05, 3.63) is 70.8 Å². The van der Waals surface area contributed by atoms with Crippen LogP contribution in [0.1, 0.15) is 35.3 Å². The summed E-state index contributed by atoms with van der Waals surface area (Å²) in [5, 5.41) is 10.4. The minimum absolute atomic E-state index is 0.192. The average Bonchev–Trinajstić information content (AvgIpc) is 3.02. The fourth-order valence-corrected chi connectivity index (χ4v) is 2.73. The van der Waals surface area contributed by atoms with Crippen molar-refractivity contribution in [3.8, 4) is 0 Å². The van der Waals surface area contributed by atoms with Crippen molar-refractivity contribution in [2.75, 3.05) is 13.2 Å². The van der Waals surface area contributed by atoms with E-state index in [0.29, 0.717) is 18.8 Å². The average molecular weight is 338 g/mol. The van der Waals surface area contributed by atoms with Crippen molar-refractivity contribution in [2.24, 2.45) is 0 Å². The van der Waals surface area contributed by atoms with Crippen LogP contribution in [0, 0.1) is 0 Å². The number of alkyl halides is 3. The Bertz CT molecular complexity index is 704. The van der Waals surface area contributed by atoms with Crippen LogP contribution >= 0.6 is 0 Å². The Labute approximate surface area is 137 Å². The molecular weight excluding hydrogens is 321 g/mol. The molecule has 2 aromatic rings. The molecule has 128 valence electrons. The second-order valence-corrected chi connectivity index (χ2v) is 5.79. The Hall–Kier alpha value is -1.89. The molecule has 0 radical (unpaired) electrons. The third-order valence-electron chi connectivity index (χ3n) is 4.12. The van der Waals surface area contributed by atoms with E-state index in [9.17, 15) is 18.3 Å². The number of hydrogen-bond acceptors (Lipinski definition) is 3. The van der Waals surface area contributed by atoms with Crippen molar-refractivity contribution in [1.29, 1.82) is 0 Å². The largest absolute Gasteiger partial charge is 0.416 e. The maximum Gasteiger partial charge on any atom is 0.416 e. The van der Waals surface area contributed by atoms with Gasteiger partial charge in [0, 0.05) is 5.56 Å². The number of aliphatic hydroxyl groups is 1. The van der Waals surface area contributed by atoms with E-state index in [1.165, 1.54) is 12.1 Å². The third kappa shape index (κ3) is 3.31. The van der Waals surface area contributed by atoms with Crippen LogP contribution in [-0.2, 0) is 21.4 Å². The number of aliphatic hydroxyl groups excluding tert-OH is 1. The van der Waals surface area contributed by atoms with E-state index in [4.69, 9.17) is 9.47 Å². The lowest BCUT2D eigenvalue weighted by molar-refractivity contribution is -0.149. The summed E-state index contributed by atoms with van der Waals surface area (Å²) in [6.07, 6.45) is -5.58. The lowest BCUT2D eigenvalue weighted by atomic mass is 9.97. The molecule has 1 unspecified atom stereocenters. The summed E-state index contributed by atoms with van der Waals surface area (Å²) >= 11 is 0. The minimum atomic E-state index is -4.44. The zero-order valence-corrected chi connectivity index (χ0v) is 13.0. The molecular formula is C18H17F3O3. The van der Waals surface area contributed by atoms with Gasteiger partial charge in [0.05, 0.1) is 18.8 Å². The molecule has 1 saturated heterocycles. The first kappa shape index (κ1) is 17.0. The quantitative estimate of drug-likeness (QED) is 0.919. The Balaban J connectivity index is 1.84. The van der Waals surface area contributed by atoms with Crippen molar-refractivity contribution in [3.63, 3.8) is 0 Å². The molecule has 3 rings (SSSR count). The van der Waals surface area contributed by atoms with Crippen LogP contribution in [0.15, 0.2) is 48.5 Å². The summed E-state index contributed by atoms with van der Waals surface area (Å²) in [6.45, 7) is 2.81. The maximum atomic E-state index is 12.8. The molecule has 6 heteroatoms. The van der Waals surface area contributed by atoms with Crippen molar-refractivity contribution in [1.82, 2.24) is 0 Å². The Morgan fingerprint density at radius 3 is 2.21 bits per heavy atom. The number of rotatable bonds is 3. The van der Waals surface area contributed by atoms with Crippen LogP contribution < -0.4 is 0 Å². The smallest absolute Gasteiger partial charge is 0.384 e. The maximum absolute atomic E-state index is 12.8. The molecule has 0 aromatic heterocycles. The molecule has 24 heavy (non-hydrogen) atoms. The van der Waals surface area contributed by atoms with Gasteiger partial charge in [0.15, 0.2) is 5.79 Å². The van der Waals surface area contributed by atoms with Gasteiger partial charge in [0.1, 0.15) is 6.10 Å². The lowest BCUT2D eigenvalue weighted by Gasteiger charge is -2.23. The highest BCUT2D eigenvalue weighted by atomic mass is 19.4. The number of benzene rings is 2. The van der Waals surface area contributed by atoms with E-state index in [1.54, 1.807) is 31.2 Å². The predicted molar refractivity (Wildman–Crippen MR) is 81.2 cm³/mol. The van der Waals surface area contributed by atoms with Crippen molar-refractivity contribution in [2.45, 2.75) is 25.0 Å². The van der Waals surface area contributed by atoms with Crippen LogP contribution in [0.2, 0.25) is 0 Å². The summed E-state index contributed by atoms with van der Waals surface area (Å²) in [5.41, 5.74) is 0.702. The molecule has 0 spiro atoms. The first-order valence-electron chi connectivity index (χ1n) is 7.53. The summed E-state index contributed by atoms with van der Waals surface area (Å²) in [7, 11) is 0. The van der Waals surface area contributed by atoms with E-state index in [-0.39, 0.29) is 5.56 Å². The van der Waals surface area contributed by atoms with Crippen LogP contribution in [0.25, 0.3) is 0 Å². The first-order chi connectivity index (χ1) is 11.3. The molecule has 1 N–H and O–H groups in total. The fraction of sp³-hybridized carbons (Fsp3) is 0.333. The Morgan fingerprint density at radius 1 is 1.00 bits per heavy atom. The van der Waals surface area contributed by atoms with Gasteiger partial charge in [-0.3, -0.25) is 0 Å². The van der Waals surface area contributed by atoms with Gasteiger partial charge in [-0.15, -0.1) is 0 Å². The minimum Gasteiger partial charge on any atom is -0.384 e. The van der Waals surface area contributed by atoms with E-state index < -0.39 is 23.6 Å². The molecule has 0 aliphatic carbocycles. The molecule has 0 saturated carbocycles. The first-order valence-corrected chi connectivity index (χ1v) is 7.53. The van der Waals surface area contributed by atoms with Crippen LogP contribution in [0.3, 0.4) is 0 Å². The third-order valence-corrected chi connectivity index (χ3v) is 4.12. The van der Waals surface area contributed by atoms with Crippen LogP contribution in [0.5, 0.6) is 0 Å². The SMILES string of the molecule is CC1(c2ccc(C(O)c3cccc(C(F)(F)F)c3)cc2)OCCO1. The summed E-state index contributed by atoms with van der Waals surface area (Å²) < 4.78 is 49.5. The van der Waals surface area contributed by atoms with Gasteiger partial charge in [-0.2, -0.15) is 13.2 Å². The van der Waals surface area contributed by atoms with Gasteiger partial charge >= 0.3 is 6.18 Å². The van der Waals surface area contributed by atoms with Gasteiger partial charge in [0.2, 0.25) is 0 Å². The van der Waals surface area contributed by atoms with E-state index in [1.807, 2.05) is 0 Å². The van der Waals surface area contributed by atoms with Gasteiger partial charge in [-0.1, -0.05) is 36.4 Å². The van der Waals surface area contributed by atoms with Crippen LogP contribution in [-0.4, -0.2) is 18.3 Å². The van der Waals surface area contributed by atoms with Gasteiger partial charge in [-0.25, -0.2) is 0 Å². The number of halogens is 3. The van der Waals surface area contributed by atoms with E-state index in [0.717, 1.165) is 17.7 Å². The summed E-state index contributed by atoms with van der Waals surface area (Å²) in [6, 6.07) is 11.5.